The molecule has 1 aromatic heterocycles. The zero-order chi connectivity index (χ0) is 14.0. The zero-order valence-electron chi connectivity index (χ0n) is 12.0. The number of hydrogen-bond donors (Lipinski definition) is 1. The lowest BCUT2D eigenvalue weighted by Gasteiger charge is -2.42. The number of nitrogens with zero attached hydrogens (tertiary/aromatic N) is 2. The summed E-state index contributed by atoms with van der Waals surface area (Å²) < 4.78 is 1.04. The van der Waals surface area contributed by atoms with Crippen LogP contribution in [0.4, 0.5) is 0 Å². The van der Waals surface area contributed by atoms with Crippen molar-refractivity contribution in [3.05, 3.63) is 28.5 Å². The first-order valence-electron chi connectivity index (χ1n) is 7.77. The number of halogens is 1. The van der Waals surface area contributed by atoms with Crippen LogP contribution >= 0.6 is 15.9 Å². The fraction of sp³-hybridized carbons (Fsp3) is 0.688. The van der Waals surface area contributed by atoms with Crippen LogP contribution in [-0.2, 0) is 0 Å². The molecule has 1 aromatic rings. The van der Waals surface area contributed by atoms with Gasteiger partial charge >= 0.3 is 0 Å². The second kappa shape index (κ2) is 6.12. The molecule has 1 atom stereocenters. The van der Waals surface area contributed by atoms with Crippen LogP contribution in [0.15, 0.2) is 22.9 Å². The quantitative estimate of drug-likeness (QED) is 0.917. The van der Waals surface area contributed by atoms with Gasteiger partial charge in [-0.25, -0.2) is 0 Å². The molecule has 0 amide bonds. The Morgan fingerprint density at radius 3 is 2.50 bits per heavy atom. The van der Waals surface area contributed by atoms with E-state index in [4.69, 9.17) is 5.73 Å². The van der Waals surface area contributed by atoms with E-state index < -0.39 is 0 Å². The second-order valence-corrected chi connectivity index (χ2v) is 7.35. The molecule has 3 rings (SSSR count). The fourth-order valence-electron chi connectivity index (χ4n) is 4.04. The van der Waals surface area contributed by atoms with Crippen LogP contribution in [-0.4, -0.2) is 29.5 Å². The number of rotatable bonds is 3. The maximum absolute atomic E-state index is 6.05. The maximum Gasteiger partial charge on any atom is 0.0486 e. The Morgan fingerprint density at radius 2 is 1.90 bits per heavy atom. The summed E-state index contributed by atoms with van der Waals surface area (Å²) in [5, 5.41) is 0. The molecule has 0 radical (unpaired) electrons. The van der Waals surface area contributed by atoms with E-state index in [2.05, 4.69) is 31.9 Å². The number of piperidine rings is 1. The highest BCUT2D eigenvalue weighted by atomic mass is 79.9. The van der Waals surface area contributed by atoms with Crippen molar-refractivity contribution in [3.63, 3.8) is 0 Å². The van der Waals surface area contributed by atoms with Crippen LogP contribution in [0.5, 0.6) is 0 Å². The molecule has 110 valence electrons. The minimum Gasteiger partial charge on any atom is -0.329 e. The van der Waals surface area contributed by atoms with Gasteiger partial charge in [0.05, 0.1) is 0 Å². The van der Waals surface area contributed by atoms with E-state index >= 15 is 0 Å². The molecule has 0 bridgehead atoms. The SMILES string of the molecule is NCC(c1cncc(Br)c1)N1CCC2(CCCC2)CC1. The first-order valence-corrected chi connectivity index (χ1v) is 8.56. The van der Waals surface area contributed by atoms with Gasteiger partial charge in [-0.2, -0.15) is 0 Å². The monoisotopic (exact) mass is 337 g/mol. The van der Waals surface area contributed by atoms with Crippen molar-refractivity contribution in [1.29, 1.82) is 0 Å². The molecule has 1 saturated heterocycles. The Bertz CT molecular complexity index is 447. The number of hydrogen-bond acceptors (Lipinski definition) is 3. The van der Waals surface area contributed by atoms with Crippen LogP contribution in [0.3, 0.4) is 0 Å². The minimum absolute atomic E-state index is 0.318. The van der Waals surface area contributed by atoms with Crippen LogP contribution in [0.1, 0.15) is 50.1 Å². The molecule has 3 nitrogen and oxygen atoms in total. The van der Waals surface area contributed by atoms with Gasteiger partial charge in [0.2, 0.25) is 0 Å². The van der Waals surface area contributed by atoms with Crippen LogP contribution in [0, 0.1) is 5.41 Å². The van der Waals surface area contributed by atoms with Crippen LogP contribution < -0.4 is 5.73 Å². The minimum atomic E-state index is 0.318. The molecule has 20 heavy (non-hydrogen) atoms. The van der Waals surface area contributed by atoms with Gasteiger partial charge in [-0.15, -0.1) is 0 Å². The topological polar surface area (TPSA) is 42.1 Å². The highest BCUT2D eigenvalue weighted by molar-refractivity contribution is 9.10. The highest BCUT2D eigenvalue weighted by Gasteiger charge is 2.38. The summed E-state index contributed by atoms with van der Waals surface area (Å²) >= 11 is 3.51. The Balaban J connectivity index is 1.69. The summed E-state index contributed by atoms with van der Waals surface area (Å²) in [6.45, 7) is 3.05. The summed E-state index contributed by atoms with van der Waals surface area (Å²) in [5.41, 5.74) is 7.96. The van der Waals surface area contributed by atoms with Gasteiger partial charge in [-0.1, -0.05) is 12.8 Å². The van der Waals surface area contributed by atoms with E-state index in [1.165, 1.54) is 57.2 Å². The van der Waals surface area contributed by atoms with Crippen LogP contribution in [0.25, 0.3) is 0 Å². The molecular weight excluding hydrogens is 314 g/mol. The Kier molecular flexibility index (Phi) is 4.43. The molecule has 4 heteroatoms. The van der Waals surface area contributed by atoms with Crippen molar-refractivity contribution < 1.29 is 0 Å². The molecular formula is C16H24BrN3. The average Bonchev–Trinajstić information content (AvgIpc) is 2.91. The summed E-state index contributed by atoms with van der Waals surface area (Å²) in [4.78, 5) is 6.85. The molecule has 1 unspecified atom stereocenters. The lowest BCUT2D eigenvalue weighted by atomic mass is 9.76. The Hall–Kier alpha value is -0.450. The van der Waals surface area contributed by atoms with Gasteiger partial charge in [-0.3, -0.25) is 9.88 Å². The summed E-state index contributed by atoms with van der Waals surface area (Å²) in [6, 6.07) is 2.48. The summed E-state index contributed by atoms with van der Waals surface area (Å²) in [6.07, 6.45) is 12.3. The molecule has 1 aliphatic heterocycles. The smallest absolute Gasteiger partial charge is 0.0486 e. The zero-order valence-corrected chi connectivity index (χ0v) is 13.6. The van der Waals surface area contributed by atoms with Crippen molar-refractivity contribution in [2.45, 2.75) is 44.6 Å². The van der Waals surface area contributed by atoms with E-state index in [0.717, 1.165) is 4.47 Å². The third-order valence-electron chi connectivity index (χ3n) is 5.30. The first kappa shape index (κ1) is 14.5. The van der Waals surface area contributed by atoms with Gasteiger partial charge in [0.1, 0.15) is 0 Å². The van der Waals surface area contributed by atoms with E-state index in [-0.39, 0.29) is 0 Å². The fourth-order valence-corrected chi connectivity index (χ4v) is 4.42. The lowest BCUT2D eigenvalue weighted by molar-refractivity contribution is 0.0779. The van der Waals surface area contributed by atoms with Crippen molar-refractivity contribution in [3.8, 4) is 0 Å². The first-order chi connectivity index (χ1) is 9.72. The molecule has 2 N–H and O–H groups in total. The number of likely N-dealkylation sites (tertiary alicyclic amines) is 1. The third-order valence-corrected chi connectivity index (χ3v) is 5.73. The number of aromatic nitrogens is 1. The highest BCUT2D eigenvalue weighted by Crippen LogP contribution is 2.47. The van der Waals surface area contributed by atoms with E-state index in [1.54, 1.807) is 0 Å². The molecule has 2 fully saturated rings. The van der Waals surface area contributed by atoms with Gasteiger partial charge in [-0.05, 0) is 71.7 Å². The normalized spacial score (nSPS) is 24.1. The summed E-state index contributed by atoms with van der Waals surface area (Å²) in [5.74, 6) is 0. The van der Waals surface area contributed by atoms with Crippen molar-refractivity contribution in [1.82, 2.24) is 9.88 Å². The van der Waals surface area contributed by atoms with E-state index in [9.17, 15) is 0 Å². The standard InChI is InChI=1S/C16H24BrN3/c17-14-9-13(11-19-12-14)15(10-18)20-7-5-16(6-8-20)3-1-2-4-16/h9,11-12,15H,1-8,10,18H2. The second-order valence-electron chi connectivity index (χ2n) is 6.43. The molecule has 2 aliphatic rings. The van der Waals surface area contributed by atoms with Crippen LogP contribution in [0.2, 0.25) is 0 Å². The average molecular weight is 338 g/mol. The molecule has 1 spiro atoms. The maximum atomic E-state index is 6.05. The molecule has 0 aromatic carbocycles. The van der Waals surface area contributed by atoms with Crippen molar-refractivity contribution in [2.75, 3.05) is 19.6 Å². The van der Waals surface area contributed by atoms with Crippen molar-refractivity contribution in [2.24, 2.45) is 11.1 Å². The lowest BCUT2D eigenvalue weighted by Crippen LogP contribution is -2.43. The van der Waals surface area contributed by atoms with Gasteiger partial charge in [0.15, 0.2) is 0 Å². The van der Waals surface area contributed by atoms with E-state index in [1.807, 2.05) is 12.4 Å². The van der Waals surface area contributed by atoms with Gasteiger partial charge in [0.25, 0.3) is 0 Å². The van der Waals surface area contributed by atoms with E-state index in [0.29, 0.717) is 18.0 Å². The third kappa shape index (κ3) is 2.92. The predicted molar refractivity (Wildman–Crippen MR) is 85.4 cm³/mol. The van der Waals surface area contributed by atoms with Gasteiger partial charge < -0.3 is 5.73 Å². The largest absolute Gasteiger partial charge is 0.329 e. The molecule has 2 heterocycles. The molecule has 1 aliphatic carbocycles. The predicted octanol–water partition coefficient (Wildman–Crippen LogP) is 3.50. The number of pyridine rings is 1. The van der Waals surface area contributed by atoms with Crippen molar-refractivity contribution >= 4 is 15.9 Å². The Morgan fingerprint density at radius 1 is 1.20 bits per heavy atom. The summed E-state index contributed by atoms with van der Waals surface area (Å²) in [7, 11) is 0. The van der Waals surface area contributed by atoms with Gasteiger partial charge in [0, 0.05) is 29.5 Å². The Labute approximate surface area is 130 Å². The number of nitrogens with two attached hydrogens (primary N) is 1. The molecule has 1 saturated carbocycles.